The molecule has 0 spiro atoms. The maximum absolute atomic E-state index is 12.6. The van der Waals surface area contributed by atoms with Crippen molar-refractivity contribution in [1.82, 2.24) is 4.90 Å². The van der Waals surface area contributed by atoms with Gasteiger partial charge in [-0.2, -0.15) is 0 Å². The quantitative estimate of drug-likeness (QED) is 0.0561. The third kappa shape index (κ3) is 32.2. The van der Waals surface area contributed by atoms with Crippen molar-refractivity contribution in [2.24, 2.45) is 0 Å². The fourth-order valence-corrected chi connectivity index (χ4v) is 5.97. The van der Waals surface area contributed by atoms with Gasteiger partial charge < -0.3 is 9.64 Å². The second kappa shape index (κ2) is 33.9. The van der Waals surface area contributed by atoms with Crippen LogP contribution in [0.1, 0.15) is 213 Å². The van der Waals surface area contributed by atoms with E-state index in [1.165, 1.54) is 174 Å². The fraction of sp³-hybridized carbons (Fsp3) is 0.974. The molecule has 0 aromatic rings. The molecule has 0 radical (unpaired) electrons. The zero-order chi connectivity index (χ0) is 30.1. The van der Waals surface area contributed by atoms with E-state index in [1.807, 2.05) is 0 Å². The molecule has 0 amide bonds. The SMILES string of the molecule is CCCCCCCCCCCCN(C)CCCCCCCC(=O)OC(CCCCCCCC)CCCCCCCC. The lowest BCUT2D eigenvalue weighted by molar-refractivity contribution is -0.150. The van der Waals surface area contributed by atoms with Crippen LogP contribution in [0.2, 0.25) is 0 Å². The van der Waals surface area contributed by atoms with Crippen LogP contribution in [0.15, 0.2) is 0 Å². The number of unbranched alkanes of at least 4 members (excludes halogenated alkanes) is 23. The van der Waals surface area contributed by atoms with Crippen molar-refractivity contribution in [3.63, 3.8) is 0 Å². The largest absolute Gasteiger partial charge is 0.462 e. The number of carbonyl (C=O) groups is 1. The highest BCUT2D eigenvalue weighted by molar-refractivity contribution is 5.69. The number of esters is 1. The summed E-state index contributed by atoms with van der Waals surface area (Å²) >= 11 is 0. The van der Waals surface area contributed by atoms with Gasteiger partial charge >= 0.3 is 5.97 Å². The lowest BCUT2D eigenvalue weighted by atomic mass is 10.0. The highest BCUT2D eigenvalue weighted by atomic mass is 16.5. The van der Waals surface area contributed by atoms with Gasteiger partial charge in [0.05, 0.1) is 0 Å². The van der Waals surface area contributed by atoms with Gasteiger partial charge in [0.2, 0.25) is 0 Å². The number of carbonyl (C=O) groups excluding carboxylic acids is 1. The van der Waals surface area contributed by atoms with Crippen LogP contribution in [0.25, 0.3) is 0 Å². The van der Waals surface area contributed by atoms with E-state index in [2.05, 4.69) is 32.7 Å². The predicted octanol–water partition coefficient (Wildman–Crippen LogP) is 12.6. The van der Waals surface area contributed by atoms with E-state index in [0.29, 0.717) is 6.42 Å². The Bertz CT molecular complexity index is 493. The molecule has 0 fully saturated rings. The first-order valence-corrected chi connectivity index (χ1v) is 19.0. The van der Waals surface area contributed by atoms with E-state index in [9.17, 15) is 4.79 Å². The highest BCUT2D eigenvalue weighted by Crippen LogP contribution is 2.18. The van der Waals surface area contributed by atoms with Crippen molar-refractivity contribution in [1.29, 1.82) is 0 Å². The van der Waals surface area contributed by atoms with Gasteiger partial charge in [-0.05, 0) is 65.1 Å². The van der Waals surface area contributed by atoms with Gasteiger partial charge in [0, 0.05) is 6.42 Å². The van der Waals surface area contributed by atoms with E-state index in [-0.39, 0.29) is 12.1 Å². The highest BCUT2D eigenvalue weighted by Gasteiger charge is 2.14. The summed E-state index contributed by atoms with van der Waals surface area (Å²) < 4.78 is 6.01. The van der Waals surface area contributed by atoms with Crippen molar-refractivity contribution in [3.05, 3.63) is 0 Å². The Morgan fingerprint density at radius 1 is 0.463 bits per heavy atom. The molecule has 0 aromatic heterocycles. The first-order chi connectivity index (χ1) is 20.1. The molecule has 0 rings (SSSR count). The maximum Gasteiger partial charge on any atom is 0.306 e. The summed E-state index contributed by atoms with van der Waals surface area (Å²) in [6, 6.07) is 0. The molecule has 0 aliphatic carbocycles. The molecule has 0 saturated carbocycles. The van der Waals surface area contributed by atoms with E-state index >= 15 is 0 Å². The van der Waals surface area contributed by atoms with Crippen LogP contribution in [0.5, 0.6) is 0 Å². The minimum absolute atomic E-state index is 0.0585. The standard InChI is InChI=1S/C38H77NO2/c1-5-8-11-14-17-18-19-20-25-30-35-39(4)36-31-26-21-24-29-34-38(40)41-37(32-27-22-15-12-9-6-2)33-28-23-16-13-10-7-3/h37H,5-36H2,1-4H3. The van der Waals surface area contributed by atoms with Gasteiger partial charge in [0.15, 0.2) is 0 Å². The Kier molecular flexibility index (Phi) is 33.5. The van der Waals surface area contributed by atoms with Crippen LogP contribution < -0.4 is 0 Å². The van der Waals surface area contributed by atoms with Crippen LogP contribution in [0, 0.1) is 0 Å². The van der Waals surface area contributed by atoms with Crippen LogP contribution in [0.3, 0.4) is 0 Å². The molecule has 41 heavy (non-hydrogen) atoms. The summed E-state index contributed by atoms with van der Waals surface area (Å²) in [5.41, 5.74) is 0. The zero-order valence-electron chi connectivity index (χ0n) is 29.0. The van der Waals surface area contributed by atoms with Gasteiger partial charge in [0.25, 0.3) is 0 Å². The molecule has 0 aliphatic rings. The number of rotatable bonds is 34. The van der Waals surface area contributed by atoms with Crippen LogP contribution >= 0.6 is 0 Å². The lowest BCUT2D eigenvalue weighted by Crippen LogP contribution is -2.20. The smallest absolute Gasteiger partial charge is 0.306 e. The van der Waals surface area contributed by atoms with Gasteiger partial charge in [-0.25, -0.2) is 0 Å². The third-order valence-electron chi connectivity index (χ3n) is 8.87. The van der Waals surface area contributed by atoms with Crippen LogP contribution in [-0.2, 0) is 9.53 Å². The third-order valence-corrected chi connectivity index (χ3v) is 8.87. The molecule has 0 atom stereocenters. The number of nitrogens with zero attached hydrogens (tertiary/aromatic N) is 1. The monoisotopic (exact) mass is 580 g/mol. The number of ether oxygens (including phenoxy) is 1. The first kappa shape index (κ1) is 40.4. The average molecular weight is 580 g/mol. The summed E-state index contributed by atoms with van der Waals surface area (Å²) in [6.45, 7) is 9.31. The molecule has 0 bridgehead atoms. The molecular formula is C38H77NO2. The van der Waals surface area contributed by atoms with Crippen molar-refractivity contribution >= 4 is 5.97 Å². The molecule has 3 heteroatoms. The van der Waals surface area contributed by atoms with E-state index in [0.717, 1.165) is 25.7 Å². The molecule has 0 aliphatic heterocycles. The van der Waals surface area contributed by atoms with Gasteiger partial charge in [-0.15, -0.1) is 0 Å². The lowest BCUT2D eigenvalue weighted by Gasteiger charge is -2.18. The van der Waals surface area contributed by atoms with Crippen molar-refractivity contribution < 1.29 is 9.53 Å². The number of hydrogen-bond donors (Lipinski definition) is 0. The summed E-state index contributed by atoms with van der Waals surface area (Å²) in [4.78, 5) is 15.1. The Morgan fingerprint density at radius 3 is 1.17 bits per heavy atom. The molecule has 0 unspecified atom stereocenters. The normalized spacial score (nSPS) is 11.7. The summed E-state index contributed by atoms with van der Waals surface area (Å²) in [5, 5.41) is 0. The Labute approximate surface area is 259 Å². The fourth-order valence-electron chi connectivity index (χ4n) is 5.97. The van der Waals surface area contributed by atoms with E-state index in [4.69, 9.17) is 4.74 Å². The molecule has 0 heterocycles. The molecule has 0 saturated heterocycles. The summed E-state index contributed by atoms with van der Waals surface area (Å²) in [7, 11) is 2.29. The summed E-state index contributed by atoms with van der Waals surface area (Å²) in [5.74, 6) is 0.0585. The Balaban J connectivity index is 3.80. The van der Waals surface area contributed by atoms with Crippen molar-refractivity contribution in [3.8, 4) is 0 Å². The average Bonchev–Trinajstić information content (AvgIpc) is 2.96. The van der Waals surface area contributed by atoms with Crippen LogP contribution in [-0.4, -0.2) is 37.1 Å². The Morgan fingerprint density at radius 2 is 0.780 bits per heavy atom. The second-order valence-electron chi connectivity index (χ2n) is 13.2. The van der Waals surface area contributed by atoms with E-state index in [1.54, 1.807) is 0 Å². The molecule has 0 aromatic carbocycles. The summed E-state index contributed by atoms with van der Waals surface area (Å²) in [6.07, 6.45) is 38.7. The predicted molar refractivity (Wildman–Crippen MR) is 183 cm³/mol. The minimum atomic E-state index is 0.0585. The van der Waals surface area contributed by atoms with Crippen molar-refractivity contribution in [2.75, 3.05) is 20.1 Å². The van der Waals surface area contributed by atoms with Gasteiger partial charge in [-0.3, -0.25) is 4.79 Å². The molecule has 3 nitrogen and oxygen atoms in total. The molecule has 0 N–H and O–H groups in total. The maximum atomic E-state index is 12.6. The first-order valence-electron chi connectivity index (χ1n) is 19.0. The van der Waals surface area contributed by atoms with Crippen molar-refractivity contribution in [2.45, 2.75) is 219 Å². The van der Waals surface area contributed by atoms with E-state index < -0.39 is 0 Å². The van der Waals surface area contributed by atoms with Crippen LogP contribution in [0.4, 0.5) is 0 Å². The second-order valence-corrected chi connectivity index (χ2v) is 13.2. The molecule has 246 valence electrons. The Hall–Kier alpha value is -0.570. The van der Waals surface area contributed by atoms with Gasteiger partial charge in [-0.1, -0.05) is 162 Å². The minimum Gasteiger partial charge on any atom is -0.462 e. The number of hydrogen-bond acceptors (Lipinski definition) is 3. The topological polar surface area (TPSA) is 29.5 Å². The van der Waals surface area contributed by atoms with Gasteiger partial charge in [0.1, 0.15) is 6.10 Å². The zero-order valence-corrected chi connectivity index (χ0v) is 29.0. The molecular weight excluding hydrogens is 502 g/mol.